The molecule has 0 bridgehead atoms. The van der Waals surface area contributed by atoms with Crippen LogP contribution >= 0.6 is 11.3 Å². The third kappa shape index (κ3) is 2.57. The minimum atomic E-state index is 0.362. The van der Waals surface area contributed by atoms with Crippen molar-refractivity contribution in [3.05, 3.63) is 29.6 Å². The molecule has 0 saturated carbocycles. The SMILES string of the molecule is CCC(Cc1nc(-c2cnc3ccsc3c2)no1)NC. The summed E-state index contributed by atoms with van der Waals surface area (Å²) in [5.41, 5.74) is 1.90. The van der Waals surface area contributed by atoms with Gasteiger partial charge in [-0.15, -0.1) is 11.3 Å². The Bertz CT molecular complexity index is 702. The monoisotopic (exact) mass is 288 g/mol. The summed E-state index contributed by atoms with van der Waals surface area (Å²) in [4.78, 5) is 8.85. The Balaban J connectivity index is 1.85. The van der Waals surface area contributed by atoms with E-state index in [2.05, 4.69) is 33.4 Å². The van der Waals surface area contributed by atoms with Gasteiger partial charge in [0.2, 0.25) is 11.7 Å². The second-order valence-corrected chi connectivity index (χ2v) is 5.59. The molecule has 1 unspecified atom stereocenters. The maximum absolute atomic E-state index is 5.32. The van der Waals surface area contributed by atoms with Gasteiger partial charge in [0.1, 0.15) is 0 Å². The third-order valence-electron chi connectivity index (χ3n) is 3.35. The number of hydrogen-bond acceptors (Lipinski definition) is 6. The van der Waals surface area contributed by atoms with Crippen molar-refractivity contribution in [2.45, 2.75) is 25.8 Å². The van der Waals surface area contributed by atoms with E-state index in [-0.39, 0.29) is 0 Å². The summed E-state index contributed by atoms with van der Waals surface area (Å²) in [5.74, 6) is 1.27. The number of rotatable bonds is 5. The van der Waals surface area contributed by atoms with Gasteiger partial charge in [0.05, 0.1) is 10.2 Å². The maximum Gasteiger partial charge on any atom is 0.228 e. The van der Waals surface area contributed by atoms with Gasteiger partial charge in [-0.3, -0.25) is 4.98 Å². The number of hydrogen-bond donors (Lipinski definition) is 1. The lowest BCUT2D eigenvalue weighted by Gasteiger charge is -2.09. The second-order valence-electron chi connectivity index (χ2n) is 4.64. The second kappa shape index (κ2) is 5.68. The fraction of sp³-hybridized carbons (Fsp3) is 0.357. The number of fused-ring (bicyclic) bond motifs is 1. The zero-order valence-corrected chi connectivity index (χ0v) is 12.3. The Kier molecular flexibility index (Phi) is 3.75. The zero-order valence-electron chi connectivity index (χ0n) is 11.5. The summed E-state index contributed by atoms with van der Waals surface area (Å²) in [6.45, 7) is 2.13. The number of likely N-dealkylation sites (N-methyl/N-ethyl adjacent to an activating group) is 1. The van der Waals surface area contributed by atoms with Crippen LogP contribution in [0.5, 0.6) is 0 Å². The molecule has 0 aliphatic rings. The molecule has 0 saturated heterocycles. The lowest BCUT2D eigenvalue weighted by molar-refractivity contribution is 0.359. The van der Waals surface area contributed by atoms with Crippen molar-refractivity contribution in [2.24, 2.45) is 0 Å². The lowest BCUT2D eigenvalue weighted by atomic mass is 10.1. The van der Waals surface area contributed by atoms with Crippen LogP contribution in [0.15, 0.2) is 28.2 Å². The molecule has 0 aromatic carbocycles. The van der Waals surface area contributed by atoms with Crippen molar-refractivity contribution >= 4 is 21.6 Å². The van der Waals surface area contributed by atoms with Crippen molar-refractivity contribution in [1.82, 2.24) is 20.4 Å². The first-order valence-electron chi connectivity index (χ1n) is 6.63. The highest BCUT2D eigenvalue weighted by molar-refractivity contribution is 7.17. The highest BCUT2D eigenvalue weighted by Gasteiger charge is 2.13. The van der Waals surface area contributed by atoms with Gasteiger partial charge in [0.15, 0.2) is 0 Å². The van der Waals surface area contributed by atoms with E-state index in [1.807, 2.05) is 18.5 Å². The topological polar surface area (TPSA) is 63.8 Å². The summed E-state index contributed by atoms with van der Waals surface area (Å²) in [7, 11) is 1.94. The predicted molar refractivity (Wildman–Crippen MR) is 79.8 cm³/mol. The van der Waals surface area contributed by atoms with Gasteiger partial charge in [0, 0.05) is 24.2 Å². The zero-order chi connectivity index (χ0) is 13.9. The molecule has 0 aliphatic heterocycles. The average Bonchev–Trinajstić information content (AvgIpc) is 3.12. The first-order chi connectivity index (χ1) is 9.80. The minimum Gasteiger partial charge on any atom is -0.339 e. The molecule has 0 radical (unpaired) electrons. The highest BCUT2D eigenvalue weighted by Crippen LogP contribution is 2.24. The summed E-state index contributed by atoms with van der Waals surface area (Å²) in [6.07, 6.45) is 3.56. The molecule has 1 atom stereocenters. The van der Waals surface area contributed by atoms with Crippen molar-refractivity contribution in [3.63, 3.8) is 0 Å². The van der Waals surface area contributed by atoms with Crippen LogP contribution in [0.2, 0.25) is 0 Å². The van der Waals surface area contributed by atoms with Crippen molar-refractivity contribution in [3.8, 4) is 11.4 Å². The lowest BCUT2D eigenvalue weighted by Crippen LogP contribution is -2.26. The van der Waals surface area contributed by atoms with Crippen LogP contribution in [0.3, 0.4) is 0 Å². The van der Waals surface area contributed by atoms with Gasteiger partial charge in [0.25, 0.3) is 0 Å². The Morgan fingerprint density at radius 2 is 2.35 bits per heavy atom. The molecule has 0 amide bonds. The Morgan fingerprint density at radius 1 is 1.45 bits per heavy atom. The first-order valence-corrected chi connectivity index (χ1v) is 7.51. The molecule has 3 aromatic heterocycles. The molecule has 3 heterocycles. The van der Waals surface area contributed by atoms with E-state index >= 15 is 0 Å². The number of aromatic nitrogens is 3. The summed E-state index contributed by atoms with van der Waals surface area (Å²) in [5, 5.41) is 9.31. The molecule has 6 heteroatoms. The van der Waals surface area contributed by atoms with Crippen LogP contribution in [-0.4, -0.2) is 28.2 Å². The van der Waals surface area contributed by atoms with Crippen LogP contribution in [-0.2, 0) is 6.42 Å². The molecule has 3 rings (SSSR count). The van der Waals surface area contributed by atoms with E-state index in [4.69, 9.17) is 4.52 Å². The van der Waals surface area contributed by atoms with E-state index in [0.717, 1.165) is 28.6 Å². The minimum absolute atomic E-state index is 0.362. The van der Waals surface area contributed by atoms with E-state index < -0.39 is 0 Å². The molecular formula is C14H16N4OS. The molecule has 20 heavy (non-hydrogen) atoms. The largest absolute Gasteiger partial charge is 0.339 e. The number of nitrogens with zero attached hydrogens (tertiary/aromatic N) is 3. The van der Waals surface area contributed by atoms with Gasteiger partial charge in [-0.2, -0.15) is 4.98 Å². The normalized spacial score (nSPS) is 12.9. The molecule has 3 aromatic rings. The Labute approximate surface area is 121 Å². The van der Waals surface area contributed by atoms with Crippen molar-refractivity contribution in [2.75, 3.05) is 7.05 Å². The van der Waals surface area contributed by atoms with E-state index in [0.29, 0.717) is 17.8 Å². The standard InChI is InChI=1S/C14H16N4OS/c1-3-10(15-2)7-13-17-14(18-19-13)9-6-12-11(16-8-9)4-5-20-12/h4-6,8,10,15H,3,7H2,1-2H3. The summed E-state index contributed by atoms with van der Waals surface area (Å²) in [6, 6.07) is 4.42. The molecule has 1 N–H and O–H groups in total. The maximum atomic E-state index is 5.32. The van der Waals surface area contributed by atoms with Crippen LogP contribution < -0.4 is 5.32 Å². The third-order valence-corrected chi connectivity index (χ3v) is 4.20. The van der Waals surface area contributed by atoms with Crippen LogP contribution in [0, 0.1) is 0 Å². The van der Waals surface area contributed by atoms with Crippen LogP contribution in [0.1, 0.15) is 19.2 Å². The van der Waals surface area contributed by atoms with Crippen LogP contribution in [0.4, 0.5) is 0 Å². The molecule has 5 nitrogen and oxygen atoms in total. The van der Waals surface area contributed by atoms with Gasteiger partial charge >= 0.3 is 0 Å². The van der Waals surface area contributed by atoms with E-state index in [9.17, 15) is 0 Å². The number of nitrogens with one attached hydrogen (secondary N) is 1. The molecule has 104 valence electrons. The highest BCUT2D eigenvalue weighted by atomic mass is 32.1. The van der Waals surface area contributed by atoms with E-state index in [1.54, 1.807) is 17.5 Å². The van der Waals surface area contributed by atoms with Gasteiger partial charge in [-0.05, 0) is 31.0 Å². The van der Waals surface area contributed by atoms with Gasteiger partial charge in [-0.25, -0.2) is 0 Å². The average molecular weight is 288 g/mol. The first kappa shape index (κ1) is 13.2. The molecular weight excluding hydrogens is 272 g/mol. The smallest absolute Gasteiger partial charge is 0.228 e. The Morgan fingerprint density at radius 3 is 3.15 bits per heavy atom. The van der Waals surface area contributed by atoms with Gasteiger partial charge < -0.3 is 9.84 Å². The van der Waals surface area contributed by atoms with E-state index in [1.165, 1.54) is 0 Å². The predicted octanol–water partition coefficient (Wildman–Crippen LogP) is 2.89. The number of pyridine rings is 1. The quantitative estimate of drug-likeness (QED) is 0.782. The molecule has 0 fully saturated rings. The summed E-state index contributed by atoms with van der Waals surface area (Å²) >= 11 is 1.66. The Hall–Kier alpha value is -1.79. The fourth-order valence-corrected chi connectivity index (χ4v) is 2.87. The molecule has 0 aliphatic carbocycles. The number of thiophene rings is 1. The van der Waals surface area contributed by atoms with Crippen molar-refractivity contribution in [1.29, 1.82) is 0 Å². The molecule has 0 spiro atoms. The fourth-order valence-electron chi connectivity index (χ4n) is 2.09. The summed E-state index contributed by atoms with van der Waals surface area (Å²) < 4.78 is 6.46. The van der Waals surface area contributed by atoms with Gasteiger partial charge in [-0.1, -0.05) is 12.1 Å². The van der Waals surface area contributed by atoms with Crippen molar-refractivity contribution < 1.29 is 4.52 Å². The van der Waals surface area contributed by atoms with Crippen LogP contribution in [0.25, 0.3) is 21.6 Å².